The summed E-state index contributed by atoms with van der Waals surface area (Å²) < 4.78 is 0. The fraction of sp³-hybridized carbons (Fsp3) is 0.600. The van der Waals surface area contributed by atoms with Gasteiger partial charge in [-0.1, -0.05) is 12.1 Å². The van der Waals surface area contributed by atoms with Crippen LogP contribution in [-0.2, 0) is 16.2 Å². The normalized spacial score (nSPS) is 15.8. The van der Waals surface area contributed by atoms with Gasteiger partial charge in [-0.3, -0.25) is 0 Å². The van der Waals surface area contributed by atoms with Crippen LogP contribution in [0.3, 0.4) is 0 Å². The van der Waals surface area contributed by atoms with Gasteiger partial charge in [0.1, 0.15) is 17.7 Å². The van der Waals surface area contributed by atoms with Crippen LogP contribution in [0.5, 0.6) is 0 Å². The zero-order valence-electron chi connectivity index (χ0n) is 13.6. The smallest absolute Gasteiger partial charge is 0.164 e. The summed E-state index contributed by atoms with van der Waals surface area (Å²) in [6.45, 7) is 11.0. The molecule has 0 saturated carbocycles. The van der Waals surface area contributed by atoms with Crippen LogP contribution in [0.25, 0.3) is 0 Å². The summed E-state index contributed by atoms with van der Waals surface area (Å²) in [5, 5.41) is 23.1. The van der Waals surface area contributed by atoms with Gasteiger partial charge in [-0.05, 0) is 41.5 Å². The Labute approximate surface area is 126 Å². The highest BCUT2D eigenvalue weighted by molar-refractivity contribution is 5.33. The van der Waals surface area contributed by atoms with Gasteiger partial charge >= 0.3 is 0 Å². The molecule has 120 valence electrons. The number of benzene rings is 1. The van der Waals surface area contributed by atoms with Crippen molar-refractivity contribution in [3.8, 4) is 0 Å². The molecule has 0 amide bonds. The Morgan fingerprint density at radius 2 is 1.52 bits per heavy atom. The van der Waals surface area contributed by atoms with Gasteiger partial charge in [0.25, 0.3) is 0 Å². The lowest BCUT2D eigenvalue weighted by Gasteiger charge is -2.29. The first-order valence-corrected chi connectivity index (χ1v) is 7.00. The third-order valence-electron chi connectivity index (χ3n) is 2.33. The summed E-state index contributed by atoms with van der Waals surface area (Å²) >= 11 is 0. The van der Waals surface area contributed by atoms with Crippen molar-refractivity contribution in [1.29, 1.82) is 0 Å². The van der Waals surface area contributed by atoms with Crippen molar-refractivity contribution in [2.45, 2.75) is 59.3 Å². The van der Waals surface area contributed by atoms with Crippen molar-refractivity contribution in [2.75, 3.05) is 0 Å². The summed E-state index contributed by atoms with van der Waals surface area (Å²) in [5.41, 5.74) is 0.108. The van der Waals surface area contributed by atoms with E-state index in [1.54, 1.807) is 24.3 Å². The molecule has 0 fully saturated rings. The maximum Gasteiger partial charge on any atom is 0.164 e. The van der Waals surface area contributed by atoms with Crippen molar-refractivity contribution in [3.63, 3.8) is 0 Å². The van der Waals surface area contributed by atoms with Crippen molar-refractivity contribution in [1.82, 2.24) is 0 Å². The minimum absolute atomic E-state index is 0.133. The summed E-state index contributed by atoms with van der Waals surface area (Å²) in [6, 6.07) is 6.86. The zero-order valence-corrected chi connectivity index (χ0v) is 13.6. The number of hydroxylamine groups is 2. The quantitative estimate of drug-likeness (QED) is 0.797. The molecular weight excluding hydrogens is 272 g/mol. The number of quaternary nitrogens is 2. The van der Waals surface area contributed by atoms with E-state index in [9.17, 15) is 10.4 Å². The molecule has 0 aliphatic heterocycles. The van der Waals surface area contributed by atoms with E-state index in [0.717, 1.165) is 5.56 Å². The van der Waals surface area contributed by atoms with Crippen molar-refractivity contribution >= 4 is 5.69 Å². The highest BCUT2D eigenvalue weighted by Gasteiger charge is 2.19. The highest BCUT2D eigenvalue weighted by Crippen LogP contribution is 2.09. The maximum absolute atomic E-state index is 12.0. The predicted octanol–water partition coefficient (Wildman–Crippen LogP) is 1.04. The van der Waals surface area contributed by atoms with E-state index in [-0.39, 0.29) is 11.8 Å². The lowest BCUT2D eigenvalue weighted by atomic mass is 10.2. The second-order valence-corrected chi connectivity index (χ2v) is 6.97. The van der Waals surface area contributed by atoms with Gasteiger partial charge in [0.2, 0.25) is 0 Å². The monoisotopic (exact) mass is 298 g/mol. The maximum atomic E-state index is 12.0. The molecule has 1 aromatic carbocycles. The lowest BCUT2D eigenvalue weighted by Crippen LogP contribution is -3.06. The van der Waals surface area contributed by atoms with Crippen molar-refractivity contribution < 1.29 is 20.1 Å². The topological polar surface area (TPSA) is 73.5 Å². The molecular formula is C15H26N2O4. The Morgan fingerprint density at radius 3 is 2.05 bits per heavy atom. The standard InChI is InChI=1S/C15H26N2O4/c1-14(2,3)20-16(18)11-12-8-7-9-13(10-12)17(19)21-15(4,5)6/h7-10,16-17H,11H2,1-6H3. The second kappa shape index (κ2) is 6.83. The Bertz CT molecular complexity index is 452. The van der Waals surface area contributed by atoms with E-state index in [2.05, 4.69) is 0 Å². The molecule has 6 heteroatoms. The SMILES string of the molecule is CC(C)(C)O[NH+]([O-])Cc1cccc([NH+]([O-])OC(C)(C)C)c1. The Hall–Kier alpha value is -1.02. The third-order valence-corrected chi connectivity index (χ3v) is 2.33. The second-order valence-electron chi connectivity index (χ2n) is 6.97. The molecule has 0 radical (unpaired) electrons. The largest absolute Gasteiger partial charge is 0.600 e. The molecule has 0 saturated heterocycles. The van der Waals surface area contributed by atoms with Crippen LogP contribution in [-0.4, -0.2) is 11.2 Å². The van der Waals surface area contributed by atoms with Gasteiger partial charge < -0.3 is 10.4 Å². The molecule has 2 atom stereocenters. The first kappa shape index (κ1) is 18.0. The molecule has 2 N–H and O–H groups in total. The van der Waals surface area contributed by atoms with Crippen LogP contribution >= 0.6 is 0 Å². The minimum Gasteiger partial charge on any atom is -0.600 e. The van der Waals surface area contributed by atoms with Gasteiger partial charge in [0.05, 0.1) is 0 Å². The van der Waals surface area contributed by atoms with Crippen LogP contribution in [0.4, 0.5) is 5.69 Å². The highest BCUT2D eigenvalue weighted by atomic mass is 16.9. The molecule has 0 aliphatic rings. The van der Waals surface area contributed by atoms with Crippen LogP contribution in [0, 0.1) is 10.4 Å². The van der Waals surface area contributed by atoms with Gasteiger partial charge in [0, 0.05) is 17.7 Å². The van der Waals surface area contributed by atoms with E-state index < -0.39 is 16.4 Å². The van der Waals surface area contributed by atoms with Crippen LogP contribution in [0.1, 0.15) is 47.1 Å². The summed E-state index contributed by atoms with van der Waals surface area (Å²) in [6.07, 6.45) is 0. The zero-order chi connectivity index (χ0) is 16.3. The van der Waals surface area contributed by atoms with Crippen LogP contribution < -0.4 is 10.5 Å². The molecule has 0 bridgehead atoms. The van der Waals surface area contributed by atoms with Gasteiger partial charge in [-0.15, -0.1) is 0 Å². The van der Waals surface area contributed by atoms with Gasteiger partial charge in [-0.25, -0.2) is 5.23 Å². The number of nitrogens with one attached hydrogen (secondary N) is 2. The Morgan fingerprint density at radius 1 is 0.952 bits per heavy atom. The third kappa shape index (κ3) is 7.52. The average Bonchev–Trinajstić information content (AvgIpc) is 2.24. The average molecular weight is 298 g/mol. The van der Waals surface area contributed by atoms with Crippen molar-refractivity contribution in [3.05, 3.63) is 40.2 Å². The van der Waals surface area contributed by atoms with E-state index >= 15 is 0 Å². The number of rotatable bonds is 5. The first-order chi connectivity index (χ1) is 9.46. The van der Waals surface area contributed by atoms with Gasteiger partial charge in [0.15, 0.2) is 5.69 Å². The van der Waals surface area contributed by atoms with E-state index in [4.69, 9.17) is 9.68 Å². The van der Waals surface area contributed by atoms with Crippen molar-refractivity contribution in [2.24, 2.45) is 0 Å². The fourth-order valence-corrected chi connectivity index (χ4v) is 1.69. The molecule has 6 nitrogen and oxygen atoms in total. The van der Waals surface area contributed by atoms with E-state index in [1.165, 1.54) is 0 Å². The number of hydrogen-bond donors (Lipinski definition) is 2. The molecule has 0 aliphatic carbocycles. The molecule has 21 heavy (non-hydrogen) atoms. The molecule has 2 unspecified atom stereocenters. The lowest BCUT2D eigenvalue weighted by molar-refractivity contribution is -1.07. The molecule has 0 aromatic heterocycles. The van der Waals surface area contributed by atoms with E-state index in [1.807, 2.05) is 41.5 Å². The number of hydrogen-bond acceptors (Lipinski definition) is 4. The van der Waals surface area contributed by atoms with E-state index in [0.29, 0.717) is 5.69 Å². The van der Waals surface area contributed by atoms with Crippen LogP contribution in [0.2, 0.25) is 0 Å². The Balaban J connectivity index is 2.72. The summed E-state index contributed by atoms with van der Waals surface area (Å²) in [4.78, 5) is 10.6. The molecule has 0 spiro atoms. The predicted molar refractivity (Wildman–Crippen MR) is 80.1 cm³/mol. The van der Waals surface area contributed by atoms with Gasteiger partial charge in [-0.2, -0.15) is 14.9 Å². The summed E-state index contributed by atoms with van der Waals surface area (Å²) in [5.74, 6) is 0. The molecule has 1 rings (SSSR count). The molecule has 1 aromatic rings. The van der Waals surface area contributed by atoms with Crippen LogP contribution in [0.15, 0.2) is 24.3 Å². The first-order valence-electron chi connectivity index (χ1n) is 7.00. The molecule has 0 heterocycles. The Kier molecular flexibility index (Phi) is 5.86. The summed E-state index contributed by atoms with van der Waals surface area (Å²) in [7, 11) is 0. The fourth-order valence-electron chi connectivity index (χ4n) is 1.69. The minimum atomic E-state index is -0.543.